The summed E-state index contributed by atoms with van der Waals surface area (Å²) in [5, 5.41) is 11.5. The highest BCUT2D eigenvalue weighted by atomic mass is 19.4. The highest BCUT2D eigenvalue weighted by Crippen LogP contribution is 2.39. The third-order valence-corrected chi connectivity index (χ3v) is 8.33. The molecule has 3 aliphatic heterocycles. The van der Waals surface area contributed by atoms with Gasteiger partial charge in [-0.2, -0.15) is 13.2 Å². The summed E-state index contributed by atoms with van der Waals surface area (Å²) in [6.45, 7) is 3.49. The Hall–Kier alpha value is -4.35. The standard InChI is InChI=1S/C29H29F3N6O3/c30-29(31,32)21-4-3-5-22(18-21)34-10-12-35(13-11-34)28(39)24-17-20-16-23(38(40)41)7-8-25(20)37-15-14-36(19-26(24)37)27-6-1-2-9-33-27/h1-9,16,18,24,26H,10-15,17,19H2. The first kappa shape index (κ1) is 26.9. The van der Waals surface area contributed by atoms with Gasteiger partial charge in [-0.15, -0.1) is 0 Å². The van der Waals surface area contributed by atoms with Crippen LogP contribution in [0.25, 0.3) is 0 Å². The summed E-state index contributed by atoms with van der Waals surface area (Å²) >= 11 is 0. The van der Waals surface area contributed by atoms with Crippen LogP contribution in [0.1, 0.15) is 11.1 Å². The number of pyridine rings is 1. The van der Waals surface area contributed by atoms with E-state index in [4.69, 9.17) is 0 Å². The third kappa shape index (κ3) is 5.25. The molecular weight excluding hydrogens is 537 g/mol. The Kier molecular flexibility index (Phi) is 6.92. The van der Waals surface area contributed by atoms with Gasteiger partial charge in [-0.25, -0.2) is 4.98 Å². The quantitative estimate of drug-likeness (QED) is 0.345. The summed E-state index contributed by atoms with van der Waals surface area (Å²) < 4.78 is 39.7. The van der Waals surface area contributed by atoms with E-state index < -0.39 is 22.6 Å². The second-order valence-corrected chi connectivity index (χ2v) is 10.6. The molecule has 3 aromatic rings. The number of benzene rings is 2. The summed E-state index contributed by atoms with van der Waals surface area (Å²) in [6.07, 6.45) is -2.31. The number of carbonyl (C=O) groups is 1. The van der Waals surface area contributed by atoms with Crippen LogP contribution in [-0.2, 0) is 17.4 Å². The minimum Gasteiger partial charge on any atom is -0.368 e. The van der Waals surface area contributed by atoms with Gasteiger partial charge >= 0.3 is 6.18 Å². The number of nitro benzene ring substituents is 1. The lowest BCUT2D eigenvalue weighted by Crippen LogP contribution is -2.62. The number of carbonyl (C=O) groups excluding carboxylic acids is 1. The Bertz CT molecular complexity index is 1450. The van der Waals surface area contributed by atoms with Gasteiger partial charge in [0.1, 0.15) is 5.82 Å². The molecular formula is C29H29F3N6O3. The molecule has 6 rings (SSSR count). The van der Waals surface area contributed by atoms with Crippen LogP contribution in [0, 0.1) is 16.0 Å². The van der Waals surface area contributed by atoms with Gasteiger partial charge in [0.2, 0.25) is 5.91 Å². The lowest BCUT2D eigenvalue weighted by Gasteiger charge is -2.50. The van der Waals surface area contributed by atoms with Crippen molar-refractivity contribution in [1.82, 2.24) is 9.88 Å². The van der Waals surface area contributed by atoms with Crippen molar-refractivity contribution in [3.8, 4) is 0 Å². The molecule has 4 heterocycles. The van der Waals surface area contributed by atoms with Crippen molar-refractivity contribution in [3.63, 3.8) is 0 Å². The molecule has 0 saturated carbocycles. The molecule has 9 nitrogen and oxygen atoms in total. The van der Waals surface area contributed by atoms with Crippen LogP contribution in [0.2, 0.25) is 0 Å². The maximum Gasteiger partial charge on any atom is 0.416 e. The fraction of sp³-hybridized carbons (Fsp3) is 0.379. The highest BCUT2D eigenvalue weighted by Gasteiger charge is 2.44. The molecule has 12 heteroatoms. The first-order valence-corrected chi connectivity index (χ1v) is 13.6. The van der Waals surface area contributed by atoms with Gasteiger partial charge in [0.25, 0.3) is 5.69 Å². The second-order valence-electron chi connectivity index (χ2n) is 10.6. The summed E-state index contributed by atoms with van der Waals surface area (Å²) in [5.41, 5.74) is 1.48. The van der Waals surface area contributed by atoms with Gasteiger partial charge < -0.3 is 19.6 Å². The van der Waals surface area contributed by atoms with Crippen molar-refractivity contribution < 1.29 is 22.9 Å². The number of amides is 1. The Labute approximate surface area is 234 Å². The smallest absolute Gasteiger partial charge is 0.368 e. The van der Waals surface area contributed by atoms with Crippen molar-refractivity contribution in [1.29, 1.82) is 0 Å². The van der Waals surface area contributed by atoms with E-state index in [1.807, 2.05) is 23.1 Å². The molecule has 2 saturated heterocycles. The fourth-order valence-corrected chi connectivity index (χ4v) is 6.25. The van der Waals surface area contributed by atoms with Crippen LogP contribution < -0.4 is 14.7 Å². The maximum atomic E-state index is 14.1. The maximum absolute atomic E-state index is 14.1. The van der Waals surface area contributed by atoms with Crippen LogP contribution in [0.15, 0.2) is 66.9 Å². The van der Waals surface area contributed by atoms with Gasteiger partial charge in [0.15, 0.2) is 0 Å². The lowest BCUT2D eigenvalue weighted by molar-refractivity contribution is -0.384. The van der Waals surface area contributed by atoms with Crippen molar-refractivity contribution in [2.24, 2.45) is 5.92 Å². The topological polar surface area (TPSA) is 86.1 Å². The Balaban J connectivity index is 1.23. The van der Waals surface area contributed by atoms with Gasteiger partial charge in [-0.1, -0.05) is 12.1 Å². The number of fused-ring (bicyclic) bond motifs is 3. The van der Waals surface area contributed by atoms with E-state index >= 15 is 0 Å². The number of hydrogen-bond acceptors (Lipinski definition) is 7. The third-order valence-electron chi connectivity index (χ3n) is 8.33. The number of hydrogen-bond donors (Lipinski definition) is 0. The SMILES string of the molecule is O=C(C1Cc2cc([N+](=O)[O-])ccc2N2CCN(c3ccccn3)CC12)N1CCN(c2cccc(C(F)(F)F)c2)CC1. The van der Waals surface area contributed by atoms with Crippen LogP contribution in [0.4, 0.5) is 36.1 Å². The molecule has 2 atom stereocenters. The number of alkyl halides is 3. The first-order chi connectivity index (χ1) is 19.7. The number of nitrogens with zero attached hydrogens (tertiary/aromatic N) is 6. The van der Waals surface area contributed by atoms with E-state index in [-0.39, 0.29) is 17.6 Å². The average molecular weight is 567 g/mol. The number of rotatable bonds is 4. The normalized spacial score (nSPS) is 20.9. The van der Waals surface area contributed by atoms with Crippen molar-refractivity contribution in [3.05, 3.63) is 88.1 Å². The van der Waals surface area contributed by atoms with Crippen molar-refractivity contribution >= 4 is 28.8 Å². The predicted octanol–water partition coefficient (Wildman–Crippen LogP) is 4.22. The number of halogens is 3. The molecule has 0 N–H and O–H groups in total. The number of nitro groups is 1. The van der Waals surface area contributed by atoms with Crippen LogP contribution >= 0.6 is 0 Å². The minimum atomic E-state index is -4.42. The molecule has 3 aliphatic rings. The Morgan fingerprint density at radius 1 is 0.927 bits per heavy atom. The lowest BCUT2D eigenvalue weighted by atomic mass is 9.82. The minimum absolute atomic E-state index is 0.00442. The number of non-ortho nitro benzene ring substituents is 1. The van der Waals surface area contributed by atoms with Gasteiger partial charge in [0, 0.05) is 75.5 Å². The van der Waals surface area contributed by atoms with E-state index in [2.05, 4.69) is 14.8 Å². The summed E-state index contributed by atoms with van der Waals surface area (Å²) in [6, 6.07) is 15.7. The van der Waals surface area contributed by atoms with Gasteiger partial charge in [0.05, 0.1) is 22.4 Å². The Morgan fingerprint density at radius 2 is 1.71 bits per heavy atom. The highest BCUT2D eigenvalue weighted by molar-refractivity contribution is 5.83. The van der Waals surface area contributed by atoms with Crippen molar-refractivity contribution in [2.45, 2.75) is 18.6 Å². The number of piperazine rings is 2. The average Bonchev–Trinajstić information content (AvgIpc) is 3.00. The molecule has 0 aliphatic carbocycles. The molecule has 0 spiro atoms. The molecule has 214 valence electrons. The predicted molar refractivity (Wildman–Crippen MR) is 148 cm³/mol. The molecule has 2 fully saturated rings. The second kappa shape index (κ2) is 10.6. The van der Waals surface area contributed by atoms with Gasteiger partial charge in [-0.05, 0) is 48.4 Å². The largest absolute Gasteiger partial charge is 0.416 e. The molecule has 2 aromatic carbocycles. The monoisotopic (exact) mass is 566 g/mol. The summed E-state index contributed by atoms with van der Waals surface area (Å²) in [4.78, 5) is 37.7. The molecule has 2 unspecified atom stereocenters. The molecule has 1 amide bonds. The Morgan fingerprint density at radius 3 is 2.41 bits per heavy atom. The number of aromatic nitrogens is 1. The van der Waals surface area contributed by atoms with Crippen molar-refractivity contribution in [2.75, 3.05) is 60.5 Å². The van der Waals surface area contributed by atoms with Crippen LogP contribution in [-0.4, -0.2) is 72.6 Å². The van der Waals surface area contributed by atoms with Gasteiger partial charge in [-0.3, -0.25) is 14.9 Å². The zero-order valence-corrected chi connectivity index (χ0v) is 22.2. The van der Waals surface area contributed by atoms with E-state index in [0.29, 0.717) is 57.9 Å². The summed E-state index contributed by atoms with van der Waals surface area (Å²) in [7, 11) is 0. The zero-order valence-electron chi connectivity index (χ0n) is 22.2. The fourth-order valence-electron chi connectivity index (χ4n) is 6.25. The van der Waals surface area contributed by atoms with E-state index in [1.165, 1.54) is 12.1 Å². The summed E-state index contributed by atoms with van der Waals surface area (Å²) in [5.74, 6) is 0.363. The van der Waals surface area contributed by atoms with Crippen LogP contribution in [0.5, 0.6) is 0 Å². The molecule has 0 bridgehead atoms. The zero-order chi connectivity index (χ0) is 28.7. The molecule has 41 heavy (non-hydrogen) atoms. The molecule has 1 aromatic heterocycles. The number of anilines is 3. The van der Waals surface area contributed by atoms with E-state index in [9.17, 15) is 28.1 Å². The van der Waals surface area contributed by atoms with Crippen LogP contribution in [0.3, 0.4) is 0 Å². The van der Waals surface area contributed by atoms with E-state index in [1.54, 1.807) is 29.3 Å². The molecule has 0 radical (unpaired) electrons. The first-order valence-electron chi connectivity index (χ1n) is 13.6. The van der Waals surface area contributed by atoms with E-state index in [0.717, 1.165) is 29.2 Å².